The zero-order valence-electron chi connectivity index (χ0n) is 11.3. The second kappa shape index (κ2) is 5.78. The van der Waals surface area contributed by atoms with Crippen LogP contribution in [0.4, 0.5) is 0 Å². The lowest BCUT2D eigenvalue weighted by Crippen LogP contribution is -2.11. The number of nitrogens with zero attached hydrogens (tertiary/aromatic N) is 1. The van der Waals surface area contributed by atoms with Crippen LogP contribution in [-0.4, -0.2) is 11.5 Å². The molecule has 0 aliphatic carbocycles. The predicted octanol–water partition coefficient (Wildman–Crippen LogP) is 3.47. The van der Waals surface area contributed by atoms with Crippen LogP contribution >= 0.6 is 0 Å². The quantitative estimate of drug-likeness (QED) is 0.885. The van der Waals surface area contributed by atoms with Crippen LogP contribution in [0.15, 0.2) is 36.5 Å². The molecule has 0 radical (unpaired) electrons. The van der Waals surface area contributed by atoms with Gasteiger partial charge in [-0.3, -0.25) is 4.98 Å². The fourth-order valence-corrected chi connectivity index (χ4v) is 2.06. The molecule has 0 fully saturated rings. The maximum absolute atomic E-state index is 4.36. The van der Waals surface area contributed by atoms with Crippen LogP contribution in [0.5, 0.6) is 0 Å². The number of hydrogen-bond acceptors (Lipinski definition) is 2. The minimum absolute atomic E-state index is 0.934. The standard InChI is InChI=1S/C16H20N2/c1-4-17-10-14-6-8-16(12(2)9-14)15-7-5-13(3)18-11-15/h5-9,11,17H,4,10H2,1-3H3. The number of nitrogens with one attached hydrogen (secondary N) is 1. The molecule has 0 atom stereocenters. The van der Waals surface area contributed by atoms with Gasteiger partial charge in [-0.05, 0) is 43.1 Å². The Morgan fingerprint density at radius 3 is 2.56 bits per heavy atom. The van der Waals surface area contributed by atoms with Crippen LogP contribution in [0.2, 0.25) is 0 Å². The lowest BCUT2D eigenvalue weighted by molar-refractivity contribution is 0.726. The molecule has 0 saturated heterocycles. The molecule has 0 amide bonds. The number of rotatable bonds is 4. The molecule has 18 heavy (non-hydrogen) atoms. The Morgan fingerprint density at radius 2 is 1.94 bits per heavy atom. The minimum atomic E-state index is 0.934. The summed E-state index contributed by atoms with van der Waals surface area (Å²) in [5, 5.41) is 3.35. The van der Waals surface area contributed by atoms with E-state index < -0.39 is 0 Å². The van der Waals surface area contributed by atoms with Crippen LogP contribution < -0.4 is 5.32 Å². The van der Waals surface area contributed by atoms with E-state index in [1.807, 2.05) is 13.1 Å². The average molecular weight is 240 g/mol. The van der Waals surface area contributed by atoms with Crippen LogP contribution in [0.3, 0.4) is 0 Å². The maximum atomic E-state index is 4.36. The molecule has 2 rings (SSSR count). The number of hydrogen-bond donors (Lipinski definition) is 1. The zero-order valence-corrected chi connectivity index (χ0v) is 11.3. The first-order chi connectivity index (χ1) is 8.70. The highest BCUT2D eigenvalue weighted by Gasteiger charge is 2.03. The van der Waals surface area contributed by atoms with E-state index in [2.05, 4.69) is 54.5 Å². The van der Waals surface area contributed by atoms with Gasteiger partial charge in [0.15, 0.2) is 0 Å². The zero-order chi connectivity index (χ0) is 13.0. The highest BCUT2D eigenvalue weighted by molar-refractivity contribution is 5.66. The number of aromatic nitrogens is 1. The summed E-state index contributed by atoms with van der Waals surface area (Å²) >= 11 is 0. The molecular weight excluding hydrogens is 220 g/mol. The van der Waals surface area contributed by atoms with Gasteiger partial charge in [-0.25, -0.2) is 0 Å². The Morgan fingerprint density at radius 1 is 1.11 bits per heavy atom. The van der Waals surface area contributed by atoms with Gasteiger partial charge in [-0.1, -0.05) is 31.2 Å². The number of pyridine rings is 1. The first-order valence-corrected chi connectivity index (χ1v) is 6.44. The van der Waals surface area contributed by atoms with Crippen LogP contribution in [0.1, 0.15) is 23.7 Å². The largest absolute Gasteiger partial charge is 0.313 e. The predicted molar refractivity (Wildman–Crippen MR) is 76.5 cm³/mol. The molecule has 0 spiro atoms. The Kier molecular flexibility index (Phi) is 4.11. The monoisotopic (exact) mass is 240 g/mol. The topological polar surface area (TPSA) is 24.9 Å². The van der Waals surface area contributed by atoms with Crippen LogP contribution in [0.25, 0.3) is 11.1 Å². The van der Waals surface area contributed by atoms with Gasteiger partial charge >= 0.3 is 0 Å². The Bertz CT molecular complexity index is 515. The average Bonchev–Trinajstić information content (AvgIpc) is 2.38. The first kappa shape index (κ1) is 12.8. The van der Waals surface area contributed by atoms with Crippen molar-refractivity contribution in [2.45, 2.75) is 27.3 Å². The molecule has 1 heterocycles. The van der Waals surface area contributed by atoms with Crippen LogP contribution in [-0.2, 0) is 6.54 Å². The summed E-state index contributed by atoms with van der Waals surface area (Å²) in [4.78, 5) is 4.36. The second-order valence-electron chi connectivity index (χ2n) is 4.62. The van der Waals surface area contributed by atoms with Crippen molar-refractivity contribution in [1.82, 2.24) is 10.3 Å². The molecular formula is C16H20N2. The molecule has 0 bridgehead atoms. The molecule has 0 aliphatic rings. The van der Waals surface area contributed by atoms with Gasteiger partial charge in [0, 0.05) is 24.0 Å². The fourth-order valence-electron chi connectivity index (χ4n) is 2.06. The van der Waals surface area contributed by atoms with Crippen molar-refractivity contribution in [2.24, 2.45) is 0 Å². The Labute approximate surface area is 109 Å². The molecule has 0 saturated carbocycles. The van der Waals surface area contributed by atoms with E-state index in [-0.39, 0.29) is 0 Å². The van der Waals surface area contributed by atoms with Gasteiger partial charge in [0.05, 0.1) is 0 Å². The van der Waals surface area contributed by atoms with Gasteiger partial charge in [0.1, 0.15) is 0 Å². The molecule has 1 N–H and O–H groups in total. The summed E-state index contributed by atoms with van der Waals surface area (Å²) in [6, 6.07) is 10.8. The van der Waals surface area contributed by atoms with E-state index >= 15 is 0 Å². The van der Waals surface area contributed by atoms with Crippen molar-refractivity contribution in [1.29, 1.82) is 0 Å². The molecule has 1 aromatic carbocycles. The van der Waals surface area contributed by atoms with Crippen molar-refractivity contribution < 1.29 is 0 Å². The molecule has 94 valence electrons. The molecule has 2 heteroatoms. The van der Waals surface area contributed by atoms with Gasteiger partial charge in [0.2, 0.25) is 0 Å². The van der Waals surface area contributed by atoms with E-state index in [9.17, 15) is 0 Å². The highest BCUT2D eigenvalue weighted by Crippen LogP contribution is 2.23. The molecule has 1 aromatic heterocycles. The number of aryl methyl sites for hydroxylation is 2. The summed E-state index contributed by atoms with van der Waals surface area (Å²) in [6.45, 7) is 8.23. The molecule has 2 aromatic rings. The van der Waals surface area contributed by atoms with E-state index in [4.69, 9.17) is 0 Å². The summed E-state index contributed by atoms with van der Waals surface area (Å²) in [5.41, 5.74) is 6.14. The lowest BCUT2D eigenvalue weighted by atomic mass is 9.99. The summed E-state index contributed by atoms with van der Waals surface area (Å²) in [6.07, 6.45) is 1.95. The van der Waals surface area contributed by atoms with Crippen molar-refractivity contribution in [3.63, 3.8) is 0 Å². The van der Waals surface area contributed by atoms with E-state index in [1.54, 1.807) is 0 Å². The Hall–Kier alpha value is -1.67. The van der Waals surface area contributed by atoms with Gasteiger partial charge in [-0.2, -0.15) is 0 Å². The first-order valence-electron chi connectivity index (χ1n) is 6.44. The number of benzene rings is 1. The van der Waals surface area contributed by atoms with Crippen molar-refractivity contribution in [3.8, 4) is 11.1 Å². The lowest BCUT2D eigenvalue weighted by Gasteiger charge is -2.09. The SMILES string of the molecule is CCNCc1ccc(-c2ccc(C)nc2)c(C)c1. The van der Waals surface area contributed by atoms with E-state index in [0.717, 1.165) is 18.8 Å². The van der Waals surface area contributed by atoms with Crippen molar-refractivity contribution >= 4 is 0 Å². The molecule has 0 aliphatic heterocycles. The molecule has 0 unspecified atom stereocenters. The third-order valence-electron chi connectivity index (χ3n) is 3.09. The summed E-state index contributed by atoms with van der Waals surface area (Å²) in [7, 11) is 0. The van der Waals surface area contributed by atoms with Gasteiger partial charge in [0.25, 0.3) is 0 Å². The van der Waals surface area contributed by atoms with Crippen molar-refractivity contribution in [2.75, 3.05) is 6.54 Å². The van der Waals surface area contributed by atoms with Gasteiger partial charge < -0.3 is 5.32 Å². The van der Waals surface area contributed by atoms with Crippen LogP contribution in [0, 0.1) is 13.8 Å². The van der Waals surface area contributed by atoms with E-state index in [1.165, 1.54) is 22.3 Å². The van der Waals surface area contributed by atoms with E-state index in [0.29, 0.717) is 0 Å². The fraction of sp³-hybridized carbons (Fsp3) is 0.312. The summed E-state index contributed by atoms with van der Waals surface area (Å²) < 4.78 is 0. The highest BCUT2D eigenvalue weighted by atomic mass is 14.8. The molecule has 2 nitrogen and oxygen atoms in total. The maximum Gasteiger partial charge on any atom is 0.0373 e. The third-order valence-corrected chi connectivity index (χ3v) is 3.09. The summed E-state index contributed by atoms with van der Waals surface area (Å²) in [5.74, 6) is 0. The van der Waals surface area contributed by atoms with Crippen molar-refractivity contribution in [3.05, 3.63) is 53.3 Å². The minimum Gasteiger partial charge on any atom is -0.313 e. The second-order valence-corrected chi connectivity index (χ2v) is 4.62. The van der Waals surface area contributed by atoms with Gasteiger partial charge in [-0.15, -0.1) is 0 Å². The Balaban J connectivity index is 2.26. The smallest absolute Gasteiger partial charge is 0.0373 e. The third kappa shape index (κ3) is 2.96. The normalized spacial score (nSPS) is 10.6.